The molecule has 0 amide bonds. The van der Waals surface area contributed by atoms with Crippen molar-refractivity contribution >= 4 is 5.69 Å². The van der Waals surface area contributed by atoms with Crippen molar-refractivity contribution in [1.29, 1.82) is 0 Å². The van der Waals surface area contributed by atoms with Crippen molar-refractivity contribution in [2.45, 2.75) is 19.6 Å². The summed E-state index contributed by atoms with van der Waals surface area (Å²) in [7, 11) is 3.50. The SMILES string of the molecule is COCC(O)CN(C)c1ccc(CO)c(C)c1. The molecule has 4 nitrogen and oxygen atoms in total. The maximum absolute atomic E-state index is 9.64. The van der Waals surface area contributed by atoms with Crippen LogP contribution in [0.4, 0.5) is 5.69 Å². The van der Waals surface area contributed by atoms with E-state index in [2.05, 4.69) is 0 Å². The molecule has 0 aliphatic carbocycles. The average Bonchev–Trinajstić information content (AvgIpc) is 2.29. The quantitative estimate of drug-likeness (QED) is 0.775. The Hall–Kier alpha value is -1.10. The molecular formula is C13H21NO3. The van der Waals surface area contributed by atoms with Gasteiger partial charge in [-0.25, -0.2) is 0 Å². The number of aryl methyl sites for hydroxylation is 1. The summed E-state index contributed by atoms with van der Waals surface area (Å²) in [6.45, 7) is 2.88. The van der Waals surface area contributed by atoms with E-state index in [0.29, 0.717) is 13.2 Å². The van der Waals surface area contributed by atoms with Crippen molar-refractivity contribution in [2.75, 3.05) is 32.2 Å². The van der Waals surface area contributed by atoms with Crippen molar-refractivity contribution in [2.24, 2.45) is 0 Å². The van der Waals surface area contributed by atoms with E-state index in [1.165, 1.54) is 0 Å². The van der Waals surface area contributed by atoms with Gasteiger partial charge in [0.15, 0.2) is 0 Å². The minimum Gasteiger partial charge on any atom is -0.392 e. The molecule has 1 aromatic carbocycles. The van der Waals surface area contributed by atoms with Crippen LogP contribution in [0, 0.1) is 6.92 Å². The largest absolute Gasteiger partial charge is 0.392 e. The van der Waals surface area contributed by atoms with Crippen LogP contribution in [0.25, 0.3) is 0 Å². The van der Waals surface area contributed by atoms with E-state index in [1.54, 1.807) is 7.11 Å². The van der Waals surface area contributed by atoms with E-state index in [0.717, 1.165) is 16.8 Å². The molecule has 1 unspecified atom stereocenters. The maximum Gasteiger partial charge on any atom is 0.0947 e. The Balaban J connectivity index is 2.69. The van der Waals surface area contributed by atoms with Crippen LogP contribution in [0.2, 0.25) is 0 Å². The number of benzene rings is 1. The molecular weight excluding hydrogens is 218 g/mol. The molecule has 0 bridgehead atoms. The third-order valence-electron chi connectivity index (χ3n) is 2.78. The fourth-order valence-corrected chi connectivity index (χ4v) is 1.76. The van der Waals surface area contributed by atoms with Gasteiger partial charge in [-0.1, -0.05) is 6.07 Å². The number of anilines is 1. The average molecular weight is 239 g/mol. The second kappa shape index (κ2) is 6.59. The van der Waals surface area contributed by atoms with Gasteiger partial charge in [0, 0.05) is 26.4 Å². The van der Waals surface area contributed by atoms with Crippen LogP contribution in [-0.2, 0) is 11.3 Å². The number of aliphatic hydroxyl groups is 2. The van der Waals surface area contributed by atoms with Crippen molar-refractivity contribution in [3.63, 3.8) is 0 Å². The highest BCUT2D eigenvalue weighted by molar-refractivity contribution is 5.50. The molecule has 0 aliphatic heterocycles. The monoisotopic (exact) mass is 239 g/mol. The van der Waals surface area contributed by atoms with Gasteiger partial charge in [-0.05, 0) is 30.2 Å². The number of rotatable bonds is 6. The Labute approximate surface area is 102 Å². The van der Waals surface area contributed by atoms with E-state index in [-0.39, 0.29) is 6.61 Å². The number of ether oxygens (including phenoxy) is 1. The summed E-state index contributed by atoms with van der Waals surface area (Å²) < 4.78 is 4.89. The fourth-order valence-electron chi connectivity index (χ4n) is 1.76. The number of nitrogens with zero attached hydrogens (tertiary/aromatic N) is 1. The van der Waals surface area contributed by atoms with Crippen molar-refractivity contribution in [1.82, 2.24) is 0 Å². The smallest absolute Gasteiger partial charge is 0.0947 e. The molecule has 96 valence electrons. The molecule has 1 rings (SSSR count). The Kier molecular flexibility index (Phi) is 5.41. The van der Waals surface area contributed by atoms with Gasteiger partial charge in [0.05, 0.1) is 19.3 Å². The topological polar surface area (TPSA) is 52.9 Å². The summed E-state index contributed by atoms with van der Waals surface area (Å²) in [4.78, 5) is 1.97. The van der Waals surface area contributed by atoms with Gasteiger partial charge in [-0.15, -0.1) is 0 Å². The third-order valence-corrected chi connectivity index (χ3v) is 2.78. The first-order chi connectivity index (χ1) is 8.08. The van der Waals surface area contributed by atoms with Gasteiger partial charge in [-0.3, -0.25) is 0 Å². The van der Waals surface area contributed by atoms with Crippen LogP contribution in [0.5, 0.6) is 0 Å². The number of likely N-dealkylation sites (N-methyl/N-ethyl adjacent to an activating group) is 1. The number of hydrogen-bond acceptors (Lipinski definition) is 4. The van der Waals surface area contributed by atoms with Gasteiger partial charge >= 0.3 is 0 Å². The highest BCUT2D eigenvalue weighted by Gasteiger charge is 2.09. The maximum atomic E-state index is 9.64. The summed E-state index contributed by atoms with van der Waals surface area (Å²) in [6.07, 6.45) is -0.497. The Morgan fingerprint density at radius 3 is 2.65 bits per heavy atom. The standard InChI is InChI=1S/C13H21NO3/c1-10-6-12(5-4-11(10)8-15)14(2)7-13(16)9-17-3/h4-6,13,15-16H,7-9H2,1-3H3. The van der Waals surface area contributed by atoms with Crippen LogP contribution in [0.3, 0.4) is 0 Å². The molecule has 1 atom stereocenters. The minimum atomic E-state index is -0.497. The summed E-state index contributed by atoms with van der Waals surface area (Å²) in [5, 5.41) is 18.7. The van der Waals surface area contributed by atoms with Crippen molar-refractivity contribution in [3.8, 4) is 0 Å². The minimum absolute atomic E-state index is 0.0577. The molecule has 0 heterocycles. The summed E-state index contributed by atoms with van der Waals surface area (Å²) in [5.74, 6) is 0. The van der Waals surface area contributed by atoms with Crippen molar-refractivity contribution < 1.29 is 14.9 Å². The second-order valence-corrected chi connectivity index (χ2v) is 4.26. The lowest BCUT2D eigenvalue weighted by Crippen LogP contribution is -2.31. The predicted molar refractivity (Wildman–Crippen MR) is 68.3 cm³/mol. The first kappa shape index (κ1) is 14.0. The highest BCUT2D eigenvalue weighted by atomic mass is 16.5. The summed E-state index contributed by atoms with van der Waals surface area (Å²) >= 11 is 0. The zero-order valence-electron chi connectivity index (χ0n) is 10.7. The Bertz CT molecular complexity index is 355. The van der Waals surface area contributed by atoms with Gasteiger partial charge in [0.2, 0.25) is 0 Å². The molecule has 0 spiro atoms. The highest BCUT2D eigenvalue weighted by Crippen LogP contribution is 2.18. The lowest BCUT2D eigenvalue weighted by Gasteiger charge is -2.23. The lowest BCUT2D eigenvalue weighted by atomic mass is 10.1. The van der Waals surface area contributed by atoms with Gasteiger partial charge in [0.1, 0.15) is 0 Å². The van der Waals surface area contributed by atoms with Crippen LogP contribution in [0.1, 0.15) is 11.1 Å². The number of methoxy groups -OCH3 is 1. The zero-order valence-corrected chi connectivity index (χ0v) is 10.7. The van der Waals surface area contributed by atoms with E-state index in [4.69, 9.17) is 9.84 Å². The molecule has 0 saturated carbocycles. The van der Waals surface area contributed by atoms with Crippen LogP contribution >= 0.6 is 0 Å². The molecule has 4 heteroatoms. The van der Waals surface area contributed by atoms with E-state index >= 15 is 0 Å². The Morgan fingerprint density at radius 1 is 1.41 bits per heavy atom. The molecule has 17 heavy (non-hydrogen) atoms. The van der Waals surface area contributed by atoms with Gasteiger partial charge < -0.3 is 19.8 Å². The molecule has 0 saturated heterocycles. The third kappa shape index (κ3) is 4.00. The Morgan fingerprint density at radius 2 is 2.12 bits per heavy atom. The van der Waals surface area contributed by atoms with E-state index in [1.807, 2.05) is 37.1 Å². The van der Waals surface area contributed by atoms with Crippen LogP contribution in [-0.4, -0.2) is 43.6 Å². The fraction of sp³-hybridized carbons (Fsp3) is 0.538. The molecule has 2 N–H and O–H groups in total. The van der Waals surface area contributed by atoms with E-state index in [9.17, 15) is 5.11 Å². The normalized spacial score (nSPS) is 12.5. The molecule has 0 fully saturated rings. The lowest BCUT2D eigenvalue weighted by molar-refractivity contribution is 0.0695. The van der Waals surface area contributed by atoms with Crippen LogP contribution < -0.4 is 4.90 Å². The van der Waals surface area contributed by atoms with Gasteiger partial charge in [-0.2, -0.15) is 0 Å². The summed E-state index contributed by atoms with van der Waals surface area (Å²) in [6, 6.07) is 5.85. The molecule has 0 aromatic heterocycles. The summed E-state index contributed by atoms with van der Waals surface area (Å²) in [5.41, 5.74) is 3.01. The number of hydrogen-bond donors (Lipinski definition) is 2. The van der Waals surface area contributed by atoms with Crippen LogP contribution in [0.15, 0.2) is 18.2 Å². The molecule has 0 aliphatic rings. The zero-order chi connectivity index (χ0) is 12.8. The predicted octanol–water partition coefficient (Wildman–Crippen LogP) is 0.931. The van der Waals surface area contributed by atoms with E-state index < -0.39 is 6.10 Å². The first-order valence-electron chi connectivity index (χ1n) is 5.67. The van der Waals surface area contributed by atoms with Crippen molar-refractivity contribution in [3.05, 3.63) is 29.3 Å². The van der Waals surface area contributed by atoms with Gasteiger partial charge in [0.25, 0.3) is 0 Å². The molecule has 1 aromatic rings. The molecule has 0 radical (unpaired) electrons. The second-order valence-electron chi connectivity index (χ2n) is 4.26. The first-order valence-corrected chi connectivity index (χ1v) is 5.67. The number of aliphatic hydroxyl groups excluding tert-OH is 2.